The number of ether oxygens (including phenoxy) is 1. The van der Waals surface area contributed by atoms with Crippen molar-refractivity contribution in [1.29, 1.82) is 0 Å². The molecule has 35 heavy (non-hydrogen) atoms. The van der Waals surface area contributed by atoms with Crippen LogP contribution in [0.15, 0.2) is 75.8 Å². The number of fused-ring (bicyclic) bond motifs is 2. The van der Waals surface area contributed by atoms with E-state index < -0.39 is 0 Å². The van der Waals surface area contributed by atoms with E-state index in [1.54, 1.807) is 36.6 Å². The van der Waals surface area contributed by atoms with Gasteiger partial charge in [-0.15, -0.1) is 0 Å². The third-order valence-electron chi connectivity index (χ3n) is 6.19. The number of hydrogen-bond acceptors (Lipinski definition) is 5. The van der Waals surface area contributed by atoms with Crippen LogP contribution in [-0.4, -0.2) is 18.3 Å². The molecule has 0 fully saturated rings. The fourth-order valence-corrected chi connectivity index (χ4v) is 4.21. The molecule has 5 aromatic rings. The van der Waals surface area contributed by atoms with E-state index in [0.717, 1.165) is 27.7 Å². The predicted octanol–water partition coefficient (Wildman–Crippen LogP) is 6.61. The van der Waals surface area contributed by atoms with Crippen molar-refractivity contribution < 1.29 is 23.2 Å². The van der Waals surface area contributed by atoms with Crippen molar-refractivity contribution in [2.45, 2.75) is 27.2 Å². The standard InChI is InChI=1S/C29H25NO5/c1-4-33-21-12-10-19(11-13-21)27(32)29-26(23-7-5-6-8-24(23)35-29)30-25(31)15-20-16-34-28-18(3)17(2)9-14-22(20)28/h5-14,16H,4,15H2,1-3H3,(H,30,31). The number of amides is 1. The molecule has 1 amide bonds. The first-order chi connectivity index (χ1) is 17.0. The van der Waals surface area contributed by atoms with Crippen LogP contribution in [-0.2, 0) is 11.2 Å². The number of hydrogen-bond donors (Lipinski definition) is 1. The third kappa shape index (κ3) is 4.19. The van der Waals surface area contributed by atoms with Crippen LogP contribution in [0.5, 0.6) is 5.75 Å². The van der Waals surface area contributed by atoms with Gasteiger partial charge in [-0.05, 0) is 68.3 Å². The van der Waals surface area contributed by atoms with Crippen molar-refractivity contribution >= 4 is 39.3 Å². The van der Waals surface area contributed by atoms with Gasteiger partial charge in [-0.25, -0.2) is 0 Å². The van der Waals surface area contributed by atoms with E-state index in [1.807, 2.05) is 51.1 Å². The van der Waals surface area contributed by atoms with Crippen molar-refractivity contribution in [1.82, 2.24) is 0 Å². The molecule has 176 valence electrons. The number of carbonyl (C=O) groups excluding carboxylic acids is 2. The summed E-state index contributed by atoms with van der Waals surface area (Å²) in [4.78, 5) is 26.5. The Hall–Kier alpha value is -4.32. The summed E-state index contributed by atoms with van der Waals surface area (Å²) in [6, 6.07) is 18.1. The summed E-state index contributed by atoms with van der Waals surface area (Å²) >= 11 is 0. The second-order valence-electron chi connectivity index (χ2n) is 8.46. The smallest absolute Gasteiger partial charge is 0.230 e. The van der Waals surface area contributed by atoms with Crippen LogP contribution < -0.4 is 10.1 Å². The van der Waals surface area contributed by atoms with Crippen LogP contribution in [0.3, 0.4) is 0 Å². The Bertz CT molecular complexity index is 1560. The molecule has 0 aliphatic carbocycles. The van der Waals surface area contributed by atoms with Gasteiger partial charge in [0.2, 0.25) is 11.7 Å². The van der Waals surface area contributed by atoms with Gasteiger partial charge >= 0.3 is 0 Å². The number of ketones is 1. The third-order valence-corrected chi connectivity index (χ3v) is 6.19. The minimum atomic E-state index is -0.320. The van der Waals surface area contributed by atoms with Crippen LogP contribution in [0, 0.1) is 13.8 Å². The highest BCUT2D eigenvalue weighted by molar-refractivity contribution is 6.17. The highest BCUT2D eigenvalue weighted by atomic mass is 16.5. The highest BCUT2D eigenvalue weighted by Gasteiger charge is 2.24. The molecule has 0 bridgehead atoms. The molecular formula is C29H25NO5. The first-order valence-corrected chi connectivity index (χ1v) is 11.5. The van der Waals surface area contributed by atoms with Crippen LogP contribution in [0.4, 0.5) is 5.69 Å². The van der Waals surface area contributed by atoms with E-state index in [4.69, 9.17) is 13.6 Å². The normalized spacial score (nSPS) is 11.2. The Labute approximate surface area is 202 Å². The first kappa shape index (κ1) is 22.5. The van der Waals surface area contributed by atoms with Gasteiger partial charge in [0.1, 0.15) is 16.9 Å². The predicted molar refractivity (Wildman–Crippen MR) is 135 cm³/mol. The summed E-state index contributed by atoms with van der Waals surface area (Å²) in [7, 11) is 0. The summed E-state index contributed by atoms with van der Waals surface area (Å²) in [5.41, 5.74) is 5.08. The monoisotopic (exact) mass is 467 g/mol. The number of aryl methyl sites for hydroxylation is 2. The van der Waals surface area contributed by atoms with Gasteiger partial charge < -0.3 is 18.9 Å². The van der Waals surface area contributed by atoms with Crippen molar-refractivity contribution in [3.05, 3.63) is 94.9 Å². The number of rotatable bonds is 7. The van der Waals surface area contributed by atoms with Gasteiger partial charge in [0, 0.05) is 21.9 Å². The fourth-order valence-electron chi connectivity index (χ4n) is 4.21. The molecule has 5 rings (SSSR count). The number of para-hydroxylation sites is 1. The van der Waals surface area contributed by atoms with Crippen molar-refractivity contribution in [3.8, 4) is 5.75 Å². The lowest BCUT2D eigenvalue weighted by molar-refractivity contribution is -0.115. The van der Waals surface area contributed by atoms with Crippen molar-refractivity contribution in [3.63, 3.8) is 0 Å². The quantitative estimate of drug-likeness (QED) is 0.273. The van der Waals surface area contributed by atoms with Crippen LogP contribution in [0.2, 0.25) is 0 Å². The van der Waals surface area contributed by atoms with Crippen LogP contribution in [0.25, 0.3) is 21.9 Å². The molecule has 2 heterocycles. The molecule has 0 radical (unpaired) electrons. The lowest BCUT2D eigenvalue weighted by Crippen LogP contribution is -2.16. The zero-order chi connectivity index (χ0) is 24.5. The SMILES string of the molecule is CCOc1ccc(C(=O)c2oc3ccccc3c2NC(=O)Cc2coc3c(C)c(C)ccc23)cc1. The summed E-state index contributed by atoms with van der Waals surface area (Å²) < 4.78 is 17.1. The Balaban J connectivity index is 1.46. The number of furan rings is 2. The van der Waals surface area contributed by atoms with E-state index in [1.165, 1.54) is 0 Å². The lowest BCUT2D eigenvalue weighted by atomic mass is 10.0. The van der Waals surface area contributed by atoms with Gasteiger partial charge in [-0.2, -0.15) is 0 Å². The van der Waals surface area contributed by atoms with E-state index >= 15 is 0 Å². The molecule has 0 aliphatic rings. The molecule has 6 heteroatoms. The molecule has 1 N–H and O–H groups in total. The second kappa shape index (κ2) is 9.14. The molecule has 0 spiro atoms. The fraction of sp³-hybridized carbons (Fsp3) is 0.172. The molecule has 2 aromatic heterocycles. The molecule has 0 saturated heterocycles. The molecule has 0 atom stereocenters. The topological polar surface area (TPSA) is 81.7 Å². The van der Waals surface area contributed by atoms with Crippen LogP contribution >= 0.6 is 0 Å². The Morgan fingerprint density at radius 3 is 2.49 bits per heavy atom. The largest absolute Gasteiger partial charge is 0.494 e. The molecule has 3 aromatic carbocycles. The zero-order valence-corrected chi connectivity index (χ0v) is 19.8. The van der Waals surface area contributed by atoms with Gasteiger partial charge in [0.15, 0.2) is 5.76 Å². The van der Waals surface area contributed by atoms with Gasteiger partial charge in [0.05, 0.1) is 25.0 Å². The summed E-state index contributed by atoms with van der Waals surface area (Å²) in [5.74, 6) is 0.185. The maximum Gasteiger partial charge on any atom is 0.230 e. The zero-order valence-electron chi connectivity index (χ0n) is 19.8. The van der Waals surface area contributed by atoms with Crippen molar-refractivity contribution in [2.24, 2.45) is 0 Å². The van der Waals surface area contributed by atoms with Gasteiger partial charge in [-0.1, -0.05) is 24.3 Å². The Morgan fingerprint density at radius 2 is 1.71 bits per heavy atom. The highest BCUT2D eigenvalue weighted by Crippen LogP contribution is 2.33. The number of carbonyl (C=O) groups is 2. The summed E-state index contributed by atoms with van der Waals surface area (Å²) in [5, 5.41) is 4.50. The van der Waals surface area contributed by atoms with Crippen LogP contribution in [0.1, 0.15) is 39.7 Å². The Morgan fingerprint density at radius 1 is 0.943 bits per heavy atom. The average Bonchev–Trinajstić information content (AvgIpc) is 3.43. The van der Waals surface area contributed by atoms with Crippen molar-refractivity contribution in [2.75, 3.05) is 11.9 Å². The minimum Gasteiger partial charge on any atom is -0.494 e. The van der Waals surface area contributed by atoms with E-state index in [0.29, 0.717) is 34.6 Å². The molecule has 0 unspecified atom stereocenters. The first-order valence-electron chi connectivity index (χ1n) is 11.5. The van der Waals surface area contributed by atoms with E-state index in [-0.39, 0.29) is 23.9 Å². The number of benzene rings is 3. The lowest BCUT2D eigenvalue weighted by Gasteiger charge is -2.07. The minimum absolute atomic E-state index is 0.0900. The van der Waals surface area contributed by atoms with Gasteiger partial charge in [-0.3, -0.25) is 9.59 Å². The maximum atomic E-state index is 13.3. The maximum absolute atomic E-state index is 13.3. The summed E-state index contributed by atoms with van der Waals surface area (Å²) in [6.07, 6.45) is 1.72. The number of nitrogens with one attached hydrogen (secondary N) is 1. The molecule has 0 saturated carbocycles. The number of anilines is 1. The molecular weight excluding hydrogens is 442 g/mol. The van der Waals surface area contributed by atoms with E-state index in [9.17, 15) is 9.59 Å². The van der Waals surface area contributed by atoms with Gasteiger partial charge in [0.25, 0.3) is 0 Å². The second-order valence-corrected chi connectivity index (χ2v) is 8.46. The van der Waals surface area contributed by atoms with E-state index in [2.05, 4.69) is 5.32 Å². The summed E-state index contributed by atoms with van der Waals surface area (Å²) in [6.45, 7) is 6.47. The molecule has 0 aliphatic heterocycles. The Kier molecular flexibility index (Phi) is 5.87. The average molecular weight is 468 g/mol. The molecule has 6 nitrogen and oxygen atoms in total.